The number of aliphatic hydroxyl groups is 2. The van der Waals surface area contributed by atoms with Gasteiger partial charge < -0.3 is 25.0 Å². The summed E-state index contributed by atoms with van der Waals surface area (Å²) in [6.07, 6.45) is 0.325. The lowest BCUT2D eigenvalue weighted by Crippen LogP contribution is -2.62. The molecule has 0 aromatic carbocycles. The summed E-state index contributed by atoms with van der Waals surface area (Å²) in [7, 11) is 1.86. The highest BCUT2D eigenvalue weighted by Gasteiger charge is 2.32. The van der Waals surface area contributed by atoms with Gasteiger partial charge in [-0.05, 0) is 45.1 Å². The van der Waals surface area contributed by atoms with E-state index in [4.69, 9.17) is 4.74 Å². The Kier molecular flexibility index (Phi) is 8.32. The standard InChI is InChI=1S/C19H36NO5/c1-12-7-14(3)18(23)25-11-19(5,24)17(22)15(4)20(6)10-13(2)9-16(21)8-12/h12-17,21-22H,7-11H2,1-6H3/q-1/t12-,13+,14+,15+,16-,17+,19+/m0/s1. The monoisotopic (exact) mass is 358 g/mol. The fourth-order valence-electron chi connectivity index (χ4n) is 3.75. The molecule has 148 valence electrons. The number of carbonyl (C=O) groups excluding carboxylic acids is 1. The van der Waals surface area contributed by atoms with Gasteiger partial charge in [-0.25, -0.2) is 0 Å². The molecule has 0 aromatic heterocycles. The molecular weight excluding hydrogens is 322 g/mol. The lowest BCUT2D eigenvalue weighted by atomic mass is 9.89. The molecule has 0 aliphatic carbocycles. The van der Waals surface area contributed by atoms with Crippen LogP contribution in [0.4, 0.5) is 0 Å². The Morgan fingerprint density at radius 3 is 2.28 bits per heavy atom. The predicted octanol–water partition coefficient (Wildman–Crippen LogP) is 0.783. The molecule has 0 radical (unpaired) electrons. The van der Waals surface area contributed by atoms with Crippen molar-refractivity contribution in [3.05, 3.63) is 0 Å². The van der Waals surface area contributed by atoms with Crippen molar-refractivity contribution in [3.8, 4) is 0 Å². The average Bonchev–Trinajstić information content (AvgIpc) is 2.49. The summed E-state index contributed by atoms with van der Waals surface area (Å²) in [5, 5.41) is 33.5. The third-order valence-electron chi connectivity index (χ3n) is 5.39. The fraction of sp³-hybridized carbons (Fsp3) is 0.947. The molecular formula is C19H36NO5-. The SMILES string of the molecule is C[C@@H]1C[C@H](O)C[C@@H](C)CN(C)[C@H](C)[C@@H](O)[C@](C)([O-])COC(=O)[C@H](C)C1. The van der Waals surface area contributed by atoms with Crippen molar-refractivity contribution < 1.29 is 24.9 Å². The highest BCUT2D eigenvalue weighted by Crippen LogP contribution is 2.23. The topological polar surface area (TPSA) is 93.1 Å². The number of likely N-dealkylation sites (N-methyl/N-ethyl adjacent to an activating group) is 1. The van der Waals surface area contributed by atoms with Gasteiger partial charge in [0.15, 0.2) is 0 Å². The normalized spacial score (nSPS) is 43.8. The number of carbonyl (C=O) groups is 1. The van der Waals surface area contributed by atoms with E-state index in [2.05, 4.69) is 6.92 Å². The van der Waals surface area contributed by atoms with Gasteiger partial charge in [-0.15, -0.1) is 0 Å². The van der Waals surface area contributed by atoms with Gasteiger partial charge in [0.1, 0.15) is 0 Å². The van der Waals surface area contributed by atoms with Crippen molar-refractivity contribution in [3.63, 3.8) is 0 Å². The van der Waals surface area contributed by atoms with Crippen LogP contribution in [0.15, 0.2) is 0 Å². The lowest BCUT2D eigenvalue weighted by molar-refractivity contribution is -0.498. The summed E-state index contributed by atoms with van der Waals surface area (Å²) in [5.41, 5.74) is -1.77. The van der Waals surface area contributed by atoms with Gasteiger partial charge in [0.05, 0.1) is 24.7 Å². The number of esters is 1. The Bertz CT molecular complexity index is 428. The molecule has 25 heavy (non-hydrogen) atoms. The molecule has 1 fully saturated rings. The van der Waals surface area contributed by atoms with Crippen LogP contribution in [0.5, 0.6) is 0 Å². The summed E-state index contributed by atoms with van der Waals surface area (Å²) in [6.45, 7) is 9.37. The van der Waals surface area contributed by atoms with Gasteiger partial charge in [0, 0.05) is 12.6 Å². The van der Waals surface area contributed by atoms with Gasteiger partial charge in [-0.3, -0.25) is 4.79 Å². The third-order valence-corrected chi connectivity index (χ3v) is 5.39. The molecule has 0 amide bonds. The lowest BCUT2D eigenvalue weighted by Gasteiger charge is -2.45. The van der Waals surface area contributed by atoms with Crippen molar-refractivity contribution in [2.75, 3.05) is 20.2 Å². The van der Waals surface area contributed by atoms with E-state index in [9.17, 15) is 20.1 Å². The second kappa shape index (κ2) is 9.31. The summed E-state index contributed by atoms with van der Waals surface area (Å²) < 4.78 is 5.20. The van der Waals surface area contributed by atoms with Crippen LogP contribution in [0.1, 0.15) is 53.9 Å². The van der Waals surface area contributed by atoms with Crippen molar-refractivity contribution in [2.45, 2.75) is 77.7 Å². The number of hydrogen-bond donors (Lipinski definition) is 2. The second-order valence-corrected chi connectivity index (χ2v) is 8.52. The van der Waals surface area contributed by atoms with Crippen molar-refractivity contribution in [1.29, 1.82) is 0 Å². The molecule has 7 atom stereocenters. The maximum atomic E-state index is 12.7. The van der Waals surface area contributed by atoms with Crippen molar-refractivity contribution in [1.82, 2.24) is 4.90 Å². The number of aliphatic hydroxyl groups excluding tert-OH is 2. The minimum Gasteiger partial charge on any atom is -0.845 e. The zero-order valence-electron chi connectivity index (χ0n) is 16.6. The van der Waals surface area contributed by atoms with Gasteiger partial charge >= 0.3 is 5.97 Å². The number of hydrogen-bond acceptors (Lipinski definition) is 6. The minimum atomic E-state index is -1.77. The molecule has 0 unspecified atom stereocenters. The number of ether oxygens (including phenoxy) is 1. The smallest absolute Gasteiger partial charge is 0.308 e. The van der Waals surface area contributed by atoms with E-state index >= 15 is 0 Å². The van der Waals surface area contributed by atoms with E-state index in [0.29, 0.717) is 25.8 Å². The first-order chi connectivity index (χ1) is 11.4. The van der Waals surface area contributed by atoms with Crippen LogP contribution >= 0.6 is 0 Å². The zero-order chi connectivity index (χ0) is 19.4. The maximum Gasteiger partial charge on any atom is 0.308 e. The third kappa shape index (κ3) is 6.85. The van der Waals surface area contributed by atoms with E-state index in [1.807, 2.05) is 18.9 Å². The highest BCUT2D eigenvalue weighted by molar-refractivity contribution is 5.72. The van der Waals surface area contributed by atoms with Crippen molar-refractivity contribution in [2.24, 2.45) is 17.8 Å². The predicted molar refractivity (Wildman–Crippen MR) is 94.8 cm³/mol. The van der Waals surface area contributed by atoms with Gasteiger partial charge in [-0.2, -0.15) is 0 Å². The molecule has 1 aliphatic heterocycles. The van der Waals surface area contributed by atoms with Crippen molar-refractivity contribution >= 4 is 5.97 Å². The van der Waals surface area contributed by atoms with E-state index in [1.165, 1.54) is 6.92 Å². The quantitative estimate of drug-likeness (QED) is 0.622. The molecule has 1 rings (SSSR count). The van der Waals surface area contributed by atoms with Crippen LogP contribution in [-0.2, 0) is 9.53 Å². The maximum absolute atomic E-state index is 12.7. The summed E-state index contributed by atoms with van der Waals surface area (Å²) in [6, 6.07) is -0.373. The molecule has 1 aliphatic rings. The number of nitrogens with zero attached hydrogens (tertiary/aromatic N) is 1. The molecule has 0 aromatic rings. The Balaban J connectivity index is 2.95. The molecule has 0 saturated carbocycles. The Labute approximate surface area is 152 Å². The van der Waals surface area contributed by atoms with Gasteiger partial charge in [0.25, 0.3) is 0 Å². The number of rotatable bonds is 0. The van der Waals surface area contributed by atoms with Crippen LogP contribution in [0, 0.1) is 17.8 Å². The molecule has 6 heteroatoms. The van der Waals surface area contributed by atoms with E-state index in [1.54, 1.807) is 13.8 Å². The van der Waals surface area contributed by atoms with Gasteiger partial charge in [-0.1, -0.05) is 33.3 Å². The van der Waals surface area contributed by atoms with Crippen LogP contribution in [0.25, 0.3) is 0 Å². The number of cyclic esters (lactones) is 1. The highest BCUT2D eigenvalue weighted by atomic mass is 16.5. The molecule has 1 saturated heterocycles. The first kappa shape index (κ1) is 22.4. The second-order valence-electron chi connectivity index (χ2n) is 8.52. The summed E-state index contributed by atoms with van der Waals surface area (Å²) in [4.78, 5) is 14.1. The van der Waals surface area contributed by atoms with Crippen LogP contribution in [0.2, 0.25) is 0 Å². The summed E-state index contributed by atoms with van der Waals surface area (Å²) in [5.74, 6) is -0.325. The zero-order valence-corrected chi connectivity index (χ0v) is 16.6. The molecule has 1 heterocycles. The molecule has 0 spiro atoms. The van der Waals surface area contributed by atoms with Crippen LogP contribution in [0.3, 0.4) is 0 Å². The Morgan fingerprint density at radius 1 is 1.12 bits per heavy atom. The Hall–Kier alpha value is -0.690. The van der Waals surface area contributed by atoms with E-state index < -0.39 is 23.8 Å². The van der Waals surface area contributed by atoms with E-state index in [-0.39, 0.29) is 30.4 Å². The van der Waals surface area contributed by atoms with Crippen LogP contribution < -0.4 is 5.11 Å². The first-order valence-electron chi connectivity index (χ1n) is 9.37. The largest absolute Gasteiger partial charge is 0.845 e. The Morgan fingerprint density at radius 2 is 1.68 bits per heavy atom. The minimum absolute atomic E-state index is 0.191. The first-order valence-corrected chi connectivity index (χ1v) is 9.37. The molecule has 2 N–H and O–H groups in total. The molecule has 6 nitrogen and oxygen atoms in total. The van der Waals surface area contributed by atoms with E-state index in [0.717, 1.165) is 0 Å². The van der Waals surface area contributed by atoms with Gasteiger partial charge in [0.2, 0.25) is 0 Å². The average molecular weight is 358 g/mol. The summed E-state index contributed by atoms with van der Waals surface area (Å²) >= 11 is 0. The fourth-order valence-corrected chi connectivity index (χ4v) is 3.75. The molecule has 0 bridgehead atoms. The van der Waals surface area contributed by atoms with Crippen LogP contribution in [-0.4, -0.2) is 65.1 Å².